The lowest BCUT2D eigenvalue weighted by molar-refractivity contribution is -0.139. The van der Waals surface area contributed by atoms with Gasteiger partial charge in [-0.2, -0.15) is 0 Å². The summed E-state index contributed by atoms with van der Waals surface area (Å²) in [7, 11) is 3.10. The highest BCUT2D eigenvalue weighted by Crippen LogP contribution is 2.34. The molecule has 0 aromatic heterocycles. The highest BCUT2D eigenvalue weighted by atomic mass is 16.5. The third kappa shape index (κ3) is 4.22. The molecule has 0 saturated carbocycles. The van der Waals surface area contributed by atoms with Gasteiger partial charge in [-0.05, 0) is 50.6 Å². The molecule has 0 bridgehead atoms. The van der Waals surface area contributed by atoms with Crippen molar-refractivity contribution in [3.8, 4) is 11.5 Å². The SMILES string of the molecule is CCOC(=O)C1=C(CN2CCCC2)NC(=O)N[C@H]1c1ccc(OC)c(OC)c1. The molecule has 1 atom stereocenters. The topological polar surface area (TPSA) is 89.1 Å². The molecule has 0 spiro atoms. The average molecular weight is 389 g/mol. The number of amides is 2. The number of likely N-dealkylation sites (tertiary alicyclic amines) is 1. The van der Waals surface area contributed by atoms with Gasteiger partial charge in [0.2, 0.25) is 0 Å². The summed E-state index contributed by atoms with van der Waals surface area (Å²) < 4.78 is 16.0. The molecule has 8 heteroatoms. The molecule has 1 fully saturated rings. The first-order valence-corrected chi connectivity index (χ1v) is 9.49. The molecule has 0 radical (unpaired) electrons. The summed E-state index contributed by atoms with van der Waals surface area (Å²) >= 11 is 0. The lowest BCUT2D eigenvalue weighted by Crippen LogP contribution is -2.48. The number of rotatable bonds is 7. The first kappa shape index (κ1) is 20.0. The Morgan fingerprint density at radius 3 is 2.54 bits per heavy atom. The first-order chi connectivity index (χ1) is 13.6. The number of methoxy groups -OCH3 is 2. The fraction of sp³-hybridized carbons (Fsp3) is 0.500. The number of ether oxygens (including phenoxy) is 3. The van der Waals surface area contributed by atoms with Crippen molar-refractivity contribution in [3.05, 3.63) is 35.0 Å². The minimum atomic E-state index is -0.634. The van der Waals surface area contributed by atoms with Crippen LogP contribution in [0, 0.1) is 0 Å². The van der Waals surface area contributed by atoms with Crippen LogP contribution in [0.4, 0.5) is 4.79 Å². The van der Waals surface area contributed by atoms with E-state index in [0.717, 1.165) is 31.5 Å². The summed E-state index contributed by atoms with van der Waals surface area (Å²) in [6.45, 7) is 4.42. The number of hydrogen-bond donors (Lipinski definition) is 2. The molecule has 3 rings (SSSR count). The molecule has 1 aromatic rings. The number of nitrogens with zero attached hydrogens (tertiary/aromatic N) is 1. The van der Waals surface area contributed by atoms with E-state index in [-0.39, 0.29) is 12.6 Å². The van der Waals surface area contributed by atoms with Crippen LogP contribution >= 0.6 is 0 Å². The Balaban J connectivity index is 2.03. The highest BCUT2D eigenvalue weighted by Gasteiger charge is 2.35. The zero-order chi connectivity index (χ0) is 20.1. The van der Waals surface area contributed by atoms with Gasteiger partial charge in [-0.25, -0.2) is 9.59 Å². The molecule has 2 amide bonds. The van der Waals surface area contributed by atoms with E-state index in [1.807, 2.05) is 6.07 Å². The van der Waals surface area contributed by atoms with Gasteiger partial charge in [0.25, 0.3) is 0 Å². The second kappa shape index (κ2) is 8.97. The second-order valence-electron chi connectivity index (χ2n) is 6.74. The number of carbonyl (C=O) groups excluding carboxylic acids is 2. The molecular weight excluding hydrogens is 362 g/mol. The van der Waals surface area contributed by atoms with Gasteiger partial charge in [0.05, 0.1) is 32.4 Å². The Morgan fingerprint density at radius 2 is 1.89 bits per heavy atom. The third-order valence-electron chi connectivity index (χ3n) is 4.97. The molecule has 2 aliphatic heterocycles. The summed E-state index contributed by atoms with van der Waals surface area (Å²) in [6.07, 6.45) is 2.24. The van der Waals surface area contributed by atoms with Crippen LogP contribution in [0.1, 0.15) is 31.4 Å². The Hall–Kier alpha value is -2.74. The molecule has 0 aliphatic carbocycles. The van der Waals surface area contributed by atoms with E-state index in [0.29, 0.717) is 29.3 Å². The molecule has 152 valence electrons. The minimum Gasteiger partial charge on any atom is -0.493 e. The van der Waals surface area contributed by atoms with Crippen molar-refractivity contribution in [1.29, 1.82) is 0 Å². The Morgan fingerprint density at radius 1 is 1.18 bits per heavy atom. The lowest BCUT2D eigenvalue weighted by atomic mass is 9.94. The van der Waals surface area contributed by atoms with Gasteiger partial charge in [0, 0.05) is 12.2 Å². The zero-order valence-electron chi connectivity index (χ0n) is 16.5. The molecule has 2 heterocycles. The van der Waals surface area contributed by atoms with E-state index >= 15 is 0 Å². The van der Waals surface area contributed by atoms with Crippen LogP contribution < -0.4 is 20.1 Å². The summed E-state index contributed by atoms with van der Waals surface area (Å²) in [5.41, 5.74) is 1.72. The van der Waals surface area contributed by atoms with Gasteiger partial charge in [0.1, 0.15) is 0 Å². The van der Waals surface area contributed by atoms with Crippen molar-refractivity contribution >= 4 is 12.0 Å². The maximum Gasteiger partial charge on any atom is 0.338 e. The number of nitrogens with one attached hydrogen (secondary N) is 2. The van der Waals surface area contributed by atoms with Gasteiger partial charge in [-0.1, -0.05) is 6.07 Å². The molecule has 2 aliphatic rings. The molecule has 2 N–H and O–H groups in total. The van der Waals surface area contributed by atoms with Crippen molar-refractivity contribution in [2.24, 2.45) is 0 Å². The van der Waals surface area contributed by atoms with Crippen LogP contribution in [0.2, 0.25) is 0 Å². The summed E-state index contributed by atoms with van der Waals surface area (Å²) in [5.74, 6) is 0.659. The van der Waals surface area contributed by atoms with Gasteiger partial charge >= 0.3 is 12.0 Å². The van der Waals surface area contributed by atoms with Crippen LogP contribution in [0.5, 0.6) is 11.5 Å². The van der Waals surface area contributed by atoms with Crippen LogP contribution in [-0.2, 0) is 9.53 Å². The molecular formula is C20H27N3O5. The average Bonchev–Trinajstić information content (AvgIpc) is 3.20. The van der Waals surface area contributed by atoms with E-state index in [1.165, 1.54) is 0 Å². The maximum absolute atomic E-state index is 12.8. The van der Waals surface area contributed by atoms with Crippen LogP contribution in [0.25, 0.3) is 0 Å². The number of hydrogen-bond acceptors (Lipinski definition) is 6. The molecule has 1 aromatic carbocycles. The normalized spacial score (nSPS) is 19.8. The van der Waals surface area contributed by atoms with Gasteiger partial charge < -0.3 is 24.8 Å². The highest BCUT2D eigenvalue weighted by molar-refractivity contribution is 5.95. The standard InChI is InChI=1S/C20H27N3O5/c1-4-28-19(24)17-14(12-23-9-5-6-10-23)21-20(25)22-18(17)13-7-8-15(26-2)16(11-13)27-3/h7-8,11,18H,4-6,9-10,12H2,1-3H3,(H2,21,22,25)/t18-/m0/s1. The Kier molecular flexibility index (Phi) is 6.41. The van der Waals surface area contributed by atoms with Crippen molar-refractivity contribution in [2.45, 2.75) is 25.8 Å². The maximum atomic E-state index is 12.8. The largest absolute Gasteiger partial charge is 0.493 e. The summed E-state index contributed by atoms with van der Waals surface area (Å²) in [5, 5.41) is 5.66. The van der Waals surface area contributed by atoms with E-state index in [4.69, 9.17) is 14.2 Å². The Labute approximate surface area is 164 Å². The van der Waals surface area contributed by atoms with Gasteiger partial charge in [-0.3, -0.25) is 4.90 Å². The minimum absolute atomic E-state index is 0.256. The molecule has 8 nitrogen and oxygen atoms in total. The third-order valence-corrected chi connectivity index (χ3v) is 4.97. The number of benzene rings is 1. The van der Waals surface area contributed by atoms with Crippen molar-refractivity contribution < 1.29 is 23.8 Å². The quantitative estimate of drug-likeness (QED) is 0.693. The summed E-state index contributed by atoms with van der Waals surface area (Å²) in [6, 6.07) is 4.35. The van der Waals surface area contributed by atoms with Crippen LogP contribution in [-0.4, -0.2) is 57.4 Å². The number of carbonyl (C=O) groups is 2. The molecule has 28 heavy (non-hydrogen) atoms. The van der Waals surface area contributed by atoms with E-state index in [9.17, 15) is 9.59 Å². The number of esters is 1. The van der Waals surface area contributed by atoms with Crippen molar-refractivity contribution in [3.63, 3.8) is 0 Å². The lowest BCUT2D eigenvalue weighted by Gasteiger charge is -2.31. The van der Waals surface area contributed by atoms with Gasteiger partial charge in [0.15, 0.2) is 11.5 Å². The Bertz CT molecular complexity index is 771. The molecule has 1 saturated heterocycles. The zero-order valence-corrected chi connectivity index (χ0v) is 16.5. The van der Waals surface area contributed by atoms with E-state index < -0.39 is 12.0 Å². The fourth-order valence-electron chi connectivity index (χ4n) is 3.64. The van der Waals surface area contributed by atoms with E-state index in [1.54, 1.807) is 33.3 Å². The predicted molar refractivity (Wildman–Crippen MR) is 103 cm³/mol. The second-order valence-corrected chi connectivity index (χ2v) is 6.74. The monoisotopic (exact) mass is 389 g/mol. The van der Waals surface area contributed by atoms with Crippen LogP contribution in [0.3, 0.4) is 0 Å². The van der Waals surface area contributed by atoms with Crippen molar-refractivity contribution in [1.82, 2.24) is 15.5 Å². The number of urea groups is 1. The smallest absolute Gasteiger partial charge is 0.338 e. The fourth-order valence-corrected chi connectivity index (χ4v) is 3.64. The van der Waals surface area contributed by atoms with Crippen LogP contribution in [0.15, 0.2) is 29.5 Å². The predicted octanol–water partition coefficient (Wildman–Crippen LogP) is 1.97. The van der Waals surface area contributed by atoms with Crippen molar-refractivity contribution in [2.75, 3.05) is 40.5 Å². The van der Waals surface area contributed by atoms with E-state index in [2.05, 4.69) is 15.5 Å². The summed E-state index contributed by atoms with van der Waals surface area (Å²) in [4.78, 5) is 27.4. The molecule has 0 unspecified atom stereocenters. The first-order valence-electron chi connectivity index (χ1n) is 9.49. The van der Waals surface area contributed by atoms with Gasteiger partial charge in [-0.15, -0.1) is 0 Å².